The normalized spacial score (nSPS) is 14.3. The van der Waals surface area contributed by atoms with Crippen molar-refractivity contribution in [3.05, 3.63) is 0 Å². The summed E-state index contributed by atoms with van der Waals surface area (Å²) >= 11 is 0. The molecule has 0 aliphatic heterocycles. The van der Waals surface area contributed by atoms with E-state index in [1.165, 1.54) is 0 Å². The molecule has 5 amide bonds. The highest BCUT2D eigenvalue weighted by Crippen LogP contribution is 2.07. The van der Waals surface area contributed by atoms with Crippen molar-refractivity contribution in [1.29, 1.82) is 0 Å². The highest BCUT2D eigenvalue weighted by atomic mass is 16.4. The van der Waals surface area contributed by atoms with Crippen LogP contribution in [0.2, 0.25) is 0 Å². The molecule has 12 N–H and O–H groups in total. The third-order valence-corrected chi connectivity index (χ3v) is 4.97. The van der Waals surface area contributed by atoms with Gasteiger partial charge in [0.15, 0.2) is 0 Å². The molecule has 0 fully saturated rings. The monoisotopic (exact) mass is 501 g/mol. The summed E-state index contributed by atoms with van der Waals surface area (Å²) in [6.45, 7) is 4.05. The molecule has 0 saturated carbocycles. The first kappa shape index (κ1) is 31.7. The summed E-state index contributed by atoms with van der Waals surface area (Å²) in [6.07, 6.45) is 0.317. The molecule has 0 saturated heterocycles. The quantitative estimate of drug-likeness (QED) is 0.0898. The SMILES string of the molecule is CC(C)CC(N)C(=O)NC(CC(N)=O)C(=O)NC(CCCCN)C(=O)NC(CCC(N)=O)C(=O)O. The van der Waals surface area contributed by atoms with Gasteiger partial charge < -0.3 is 44.0 Å². The molecule has 35 heavy (non-hydrogen) atoms. The van der Waals surface area contributed by atoms with Crippen molar-refractivity contribution in [1.82, 2.24) is 16.0 Å². The number of carboxylic acids is 1. The molecule has 0 rings (SSSR count). The fraction of sp³-hybridized carbons (Fsp3) is 0.714. The smallest absolute Gasteiger partial charge is 0.326 e. The van der Waals surface area contributed by atoms with Gasteiger partial charge in [-0.2, -0.15) is 0 Å². The molecule has 4 unspecified atom stereocenters. The van der Waals surface area contributed by atoms with Crippen LogP contribution < -0.4 is 38.9 Å². The van der Waals surface area contributed by atoms with E-state index in [4.69, 9.17) is 22.9 Å². The van der Waals surface area contributed by atoms with Gasteiger partial charge in [-0.1, -0.05) is 13.8 Å². The minimum Gasteiger partial charge on any atom is -0.480 e. The van der Waals surface area contributed by atoms with Crippen molar-refractivity contribution in [2.24, 2.45) is 28.9 Å². The Balaban J connectivity index is 5.54. The summed E-state index contributed by atoms with van der Waals surface area (Å²) in [5.74, 6) is -5.25. The van der Waals surface area contributed by atoms with Gasteiger partial charge in [0.1, 0.15) is 18.1 Å². The minimum atomic E-state index is -1.42. The zero-order chi connectivity index (χ0) is 27.1. The fourth-order valence-electron chi connectivity index (χ4n) is 3.15. The molecule has 0 aromatic rings. The molecule has 200 valence electrons. The van der Waals surface area contributed by atoms with E-state index in [9.17, 15) is 33.9 Å². The number of carboxylic acid groups (broad SMARTS) is 1. The molecule has 0 aromatic carbocycles. The Morgan fingerprint density at radius 3 is 1.80 bits per heavy atom. The Bertz CT molecular complexity index is 760. The predicted octanol–water partition coefficient (Wildman–Crippen LogP) is -2.83. The standard InChI is InChI=1S/C21H39N7O7/c1-11(2)9-12(23)18(31)28-15(10-17(25)30)20(33)26-13(5-3-4-8-22)19(32)27-14(21(34)35)6-7-16(24)29/h11-15H,3-10,22-23H2,1-2H3,(H2,24,29)(H2,25,30)(H,26,33)(H,27,32)(H,28,31)(H,34,35). The van der Waals surface area contributed by atoms with Crippen LogP contribution in [0.1, 0.15) is 58.8 Å². The van der Waals surface area contributed by atoms with Crippen LogP contribution in [0.3, 0.4) is 0 Å². The molecule has 0 heterocycles. The van der Waals surface area contributed by atoms with E-state index >= 15 is 0 Å². The summed E-state index contributed by atoms with van der Waals surface area (Å²) in [5, 5.41) is 16.4. The number of amides is 5. The second-order valence-corrected chi connectivity index (χ2v) is 8.72. The van der Waals surface area contributed by atoms with Crippen molar-refractivity contribution in [3.63, 3.8) is 0 Å². The molecule has 0 aliphatic carbocycles. The molecule has 4 atom stereocenters. The molecule has 0 radical (unpaired) electrons. The van der Waals surface area contributed by atoms with E-state index in [1.807, 2.05) is 13.8 Å². The number of carbonyl (C=O) groups excluding carboxylic acids is 5. The van der Waals surface area contributed by atoms with Gasteiger partial charge in [0, 0.05) is 6.42 Å². The minimum absolute atomic E-state index is 0.0982. The van der Waals surface area contributed by atoms with Crippen LogP contribution >= 0.6 is 0 Å². The lowest BCUT2D eigenvalue weighted by atomic mass is 10.0. The molecule has 0 bridgehead atoms. The van der Waals surface area contributed by atoms with Gasteiger partial charge in [-0.15, -0.1) is 0 Å². The number of aliphatic carboxylic acids is 1. The maximum atomic E-state index is 12.9. The third-order valence-electron chi connectivity index (χ3n) is 4.97. The summed E-state index contributed by atoms with van der Waals surface area (Å²) in [5.41, 5.74) is 21.6. The largest absolute Gasteiger partial charge is 0.480 e. The molecule has 0 aromatic heterocycles. The van der Waals surface area contributed by atoms with Crippen molar-refractivity contribution < 1.29 is 33.9 Å². The summed E-state index contributed by atoms with van der Waals surface area (Å²) in [6, 6.07) is -4.95. The lowest BCUT2D eigenvalue weighted by Crippen LogP contribution is -2.57. The Labute approximate surface area is 204 Å². The van der Waals surface area contributed by atoms with Crippen LogP contribution in [0.25, 0.3) is 0 Å². The number of hydrogen-bond acceptors (Lipinski definition) is 8. The fourth-order valence-corrected chi connectivity index (χ4v) is 3.15. The predicted molar refractivity (Wildman–Crippen MR) is 126 cm³/mol. The Morgan fingerprint density at radius 1 is 0.771 bits per heavy atom. The van der Waals surface area contributed by atoms with Gasteiger partial charge in [-0.05, 0) is 44.6 Å². The Kier molecular flexibility index (Phi) is 14.9. The van der Waals surface area contributed by atoms with Crippen molar-refractivity contribution in [2.45, 2.75) is 83.0 Å². The zero-order valence-corrected chi connectivity index (χ0v) is 20.2. The first-order valence-corrected chi connectivity index (χ1v) is 11.4. The van der Waals surface area contributed by atoms with Gasteiger partial charge in [0.25, 0.3) is 0 Å². The molecule has 0 aliphatic rings. The number of nitrogens with two attached hydrogens (primary N) is 4. The van der Waals surface area contributed by atoms with E-state index in [-0.39, 0.29) is 25.2 Å². The summed E-state index contributed by atoms with van der Waals surface area (Å²) in [4.78, 5) is 72.0. The Morgan fingerprint density at radius 2 is 1.31 bits per heavy atom. The first-order chi connectivity index (χ1) is 16.3. The number of carbonyl (C=O) groups is 6. The lowest BCUT2D eigenvalue weighted by molar-refractivity contribution is -0.142. The maximum absolute atomic E-state index is 12.9. The second kappa shape index (κ2) is 16.4. The van der Waals surface area contributed by atoms with E-state index < -0.39 is 66.1 Å². The average molecular weight is 502 g/mol. The summed E-state index contributed by atoms with van der Waals surface area (Å²) < 4.78 is 0. The van der Waals surface area contributed by atoms with E-state index in [1.54, 1.807) is 0 Å². The first-order valence-electron chi connectivity index (χ1n) is 11.4. The molecule has 14 nitrogen and oxygen atoms in total. The molecular formula is C21H39N7O7. The maximum Gasteiger partial charge on any atom is 0.326 e. The van der Waals surface area contributed by atoms with Crippen molar-refractivity contribution >= 4 is 35.5 Å². The second-order valence-electron chi connectivity index (χ2n) is 8.72. The van der Waals surface area contributed by atoms with Gasteiger partial charge in [0.2, 0.25) is 29.5 Å². The van der Waals surface area contributed by atoms with E-state index in [2.05, 4.69) is 16.0 Å². The topological polar surface area (TPSA) is 263 Å². The van der Waals surface area contributed by atoms with Crippen LogP contribution in [-0.2, 0) is 28.8 Å². The number of rotatable bonds is 18. The number of primary amides is 2. The highest BCUT2D eigenvalue weighted by molar-refractivity contribution is 5.96. The van der Waals surface area contributed by atoms with Crippen LogP contribution in [-0.4, -0.2) is 71.3 Å². The lowest BCUT2D eigenvalue weighted by Gasteiger charge is -2.25. The van der Waals surface area contributed by atoms with Gasteiger partial charge in [0.05, 0.1) is 12.5 Å². The third kappa shape index (κ3) is 13.9. The van der Waals surface area contributed by atoms with Crippen LogP contribution in [0.4, 0.5) is 0 Å². The summed E-state index contributed by atoms with van der Waals surface area (Å²) in [7, 11) is 0. The molecule has 14 heteroatoms. The average Bonchev–Trinajstić information content (AvgIpc) is 2.73. The number of hydrogen-bond donors (Lipinski definition) is 8. The van der Waals surface area contributed by atoms with Gasteiger partial charge >= 0.3 is 5.97 Å². The van der Waals surface area contributed by atoms with Gasteiger partial charge in [-0.25, -0.2) is 4.79 Å². The molecular weight excluding hydrogens is 462 g/mol. The van der Waals surface area contributed by atoms with E-state index in [0.717, 1.165) is 0 Å². The van der Waals surface area contributed by atoms with Crippen molar-refractivity contribution in [3.8, 4) is 0 Å². The van der Waals surface area contributed by atoms with Crippen LogP contribution in [0.15, 0.2) is 0 Å². The van der Waals surface area contributed by atoms with Crippen LogP contribution in [0.5, 0.6) is 0 Å². The van der Waals surface area contributed by atoms with Gasteiger partial charge in [-0.3, -0.25) is 24.0 Å². The van der Waals surface area contributed by atoms with Crippen LogP contribution in [0, 0.1) is 5.92 Å². The van der Waals surface area contributed by atoms with E-state index in [0.29, 0.717) is 25.8 Å². The highest BCUT2D eigenvalue weighted by Gasteiger charge is 2.31. The van der Waals surface area contributed by atoms with Crippen molar-refractivity contribution in [2.75, 3.05) is 6.54 Å². The zero-order valence-electron chi connectivity index (χ0n) is 20.2. The number of unbranched alkanes of at least 4 members (excludes halogenated alkanes) is 1. The number of nitrogens with one attached hydrogen (secondary N) is 3. The molecule has 0 spiro atoms. The Hall–Kier alpha value is -3.26.